The van der Waals surface area contributed by atoms with Gasteiger partial charge in [-0.15, -0.1) is 0 Å². The first kappa shape index (κ1) is 16.0. The van der Waals surface area contributed by atoms with Gasteiger partial charge in [-0.25, -0.2) is 9.36 Å². The maximum Gasteiger partial charge on any atom is 0.333 e. The molecule has 0 aromatic carbocycles. The standard InChI is InChI=1S/C15H19N5O4/c1-6-18-8(2)9(3)20-11-12(16-14(18)20)17(4)15(23)19(13(11)22)7-10(21)24-5/h6-7H2,1-5H3. The van der Waals surface area contributed by atoms with E-state index in [1.54, 1.807) is 4.40 Å². The maximum absolute atomic E-state index is 12.9. The first-order chi connectivity index (χ1) is 11.3. The number of aryl methyl sites for hydroxylation is 3. The van der Waals surface area contributed by atoms with Crippen LogP contribution in [-0.2, 0) is 29.7 Å². The van der Waals surface area contributed by atoms with Crippen LogP contribution in [0.3, 0.4) is 0 Å². The molecule has 0 aliphatic heterocycles. The van der Waals surface area contributed by atoms with E-state index in [1.807, 2.05) is 25.3 Å². The Labute approximate surface area is 136 Å². The molecule has 0 spiro atoms. The molecule has 3 heterocycles. The fourth-order valence-corrected chi connectivity index (χ4v) is 3.03. The number of carbonyl (C=O) groups is 1. The summed E-state index contributed by atoms with van der Waals surface area (Å²) in [5.41, 5.74) is 1.29. The third-order valence-electron chi connectivity index (χ3n) is 4.46. The molecule has 0 bridgehead atoms. The summed E-state index contributed by atoms with van der Waals surface area (Å²) in [6, 6.07) is 0. The van der Waals surface area contributed by atoms with Gasteiger partial charge in [-0.1, -0.05) is 0 Å². The van der Waals surface area contributed by atoms with E-state index in [9.17, 15) is 14.4 Å². The summed E-state index contributed by atoms with van der Waals surface area (Å²) < 4.78 is 10.4. The number of imidazole rings is 2. The van der Waals surface area contributed by atoms with Crippen LogP contribution >= 0.6 is 0 Å². The number of esters is 1. The summed E-state index contributed by atoms with van der Waals surface area (Å²) in [5, 5.41) is 0. The number of carbonyl (C=O) groups excluding carboxylic acids is 1. The lowest BCUT2D eigenvalue weighted by Gasteiger charge is -2.07. The van der Waals surface area contributed by atoms with Crippen molar-refractivity contribution in [1.82, 2.24) is 23.1 Å². The van der Waals surface area contributed by atoms with E-state index >= 15 is 0 Å². The second kappa shape index (κ2) is 5.36. The molecule has 0 radical (unpaired) electrons. The van der Waals surface area contributed by atoms with E-state index in [0.29, 0.717) is 18.0 Å². The summed E-state index contributed by atoms with van der Waals surface area (Å²) in [7, 11) is 2.74. The van der Waals surface area contributed by atoms with E-state index < -0.39 is 23.8 Å². The van der Waals surface area contributed by atoms with E-state index in [1.165, 1.54) is 18.7 Å². The third-order valence-corrected chi connectivity index (χ3v) is 4.46. The Morgan fingerprint density at radius 3 is 2.42 bits per heavy atom. The molecule has 0 atom stereocenters. The average molecular weight is 333 g/mol. The first-order valence-electron chi connectivity index (χ1n) is 7.57. The summed E-state index contributed by atoms with van der Waals surface area (Å²) in [4.78, 5) is 41.3. The minimum absolute atomic E-state index is 0.281. The van der Waals surface area contributed by atoms with Crippen molar-refractivity contribution < 1.29 is 9.53 Å². The molecule has 0 aliphatic rings. The number of aromatic nitrogens is 5. The molecule has 0 unspecified atom stereocenters. The van der Waals surface area contributed by atoms with Crippen LogP contribution in [0.2, 0.25) is 0 Å². The fraction of sp³-hybridized carbons (Fsp3) is 0.467. The van der Waals surface area contributed by atoms with Crippen LogP contribution in [0, 0.1) is 13.8 Å². The molecule has 9 heteroatoms. The Morgan fingerprint density at radius 2 is 1.83 bits per heavy atom. The number of methoxy groups -OCH3 is 1. The first-order valence-corrected chi connectivity index (χ1v) is 7.57. The lowest BCUT2D eigenvalue weighted by molar-refractivity contribution is -0.141. The lowest BCUT2D eigenvalue weighted by Crippen LogP contribution is -2.41. The highest BCUT2D eigenvalue weighted by Crippen LogP contribution is 2.20. The molecule has 3 aromatic heterocycles. The Morgan fingerprint density at radius 1 is 1.17 bits per heavy atom. The van der Waals surface area contributed by atoms with Crippen molar-refractivity contribution in [3.8, 4) is 0 Å². The van der Waals surface area contributed by atoms with Gasteiger partial charge in [-0.3, -0.25) is 18.6 Å². The number of ether oxygens (including phenoxy) is 1. The Hall–Kier alpha value is -2.84. The summed E-state index contributed by atoms with van der Waals surface area (Å²) in [5.74, 6) is -0.0567. The minimum atomic E-state index is -0.659. The van der Waals surface area contributed by atoms with Crippen molar-refractivity contribution in [2.24, 2.45) is 7.05 Å². The highest BCUT2D eigenvalue weighted by molar-refractivity contribution is 5.77. The molecule has 3 aromatic rings. The van der Waals surface area contributed by atoms with Crippen molar-refractivity contribution >= 4 is 22.9 Å². The van der Waals surface area contributed by atoms with Gasteiger partial charge in [0, 0.05) is 25.0 Å². The Kier molecular flexibility index (Phi) is 3.58. The van der Waals surface area contributed by atoms with Crippen LogP contribution in [0.5, 0.6) is 0 Å². The van der Waals surface area contributed by atoms with Crippen LogP contribution in [-0.4, -0.2) is 36.2 Å². The topological polar surface area (TPSA) is 92.5 Å². The van der Waals surface area contributed by atoms with Gasteiger partial charge in [0.2, 0.25) is 5.78 Å². The number of hydrogen-bond donors (Lipinski definition) is 0. The van der Waals surface area contributed by atoms with Gasteiger partial charge >= 0.3 is 11.7 Å². The van der Waals surface area contributed by atoms with Gasteiger partial charge in [-0.2, -0.15) is 4.98 Å². The van der Waals surface area contributed by atoms with Gasteiger partial charge in [0.1, 0.15) is 6.54 Å². The molecule has 24 heavy (non-hydrogen) atoms. The highest BCUT2D eigenvalue weighted by Gasteiger charge is 2.22. The quantitative estimate of drug-likeness (QED) is 0.627. The largest absolute Gasteiger partial charge is 0.468 e. The van der Waals surface area contributed by atoms with Crippen molar-refractivity contribution in [3.05, 3.63) is 32.2 Å². The Balaban J connectivity index is 2.52. The molecule has 0 saturated heterocycles. The molecule has 0 N–H and O–H groups in total. The lowest BCUT2D eigenvalue weighted by atomic mass is 10.3. The number of fused-ring (bicyclic) bond motifs is 3. The zero-order valence-electron chi connectivity index (χ0n) is 14.3. The zero-order valence-corrected chi connectivity index (χ0v) is 14.3. The van der Waals surface area contributed by atoms with E-state index in [2.05, 4.69) is 9.72 Å². The van der Waals surface area contributed by atoms with Gasteiger partial charge in [-0.05, 0) is 20.8 Å². The van der Waals surface area contributed by atoms with Gasteiger partial charge in [0.25, 0.3) is 5.56 Å². The fourth-order valence-electron chi connectivity index (χ4n) is 3.03. The predicted molar refractivity (Wildman–Crippen MR) is 87.4 cm³/mol. The predicted octanol–water partition coefficient (Wildman–Crippen LogP) is -0.0409. The van der Waals surface area contributed by atoms with Crippen molar-refractivity contribution in [3.63, 3.8) is 0 Å². The number of nitrogens with zero attached hydrogens (tertiary/aromatic N) is 5. The highest BCUT2D eigenvalue weighted by atomic mass is 16.5. The number of rotatable bonds is 3. The SMILES string of the molecule is CCn1c(C)c(C)n2c3c(=O)n(CC(=O)OC)c(=O)n(C)c3nc12. The monoisotopic (exact) mass is 333 g/mol. The molecule has 0 aliphatic carbocycles. The molecule has 0 saturated carbocycles. The van der Waals surface area contributed by atoms with Gasteiger partial charge in [0.05, 0.1) is 7.11 Å². The summed E-state index contributed by atoms with van der Waals surface area (Å²) in [6.07, 6.45) is 0. The van der Waals surface area contributed by atoms with Crippen LogP contribution in [0.15, 0.2) is 9.59 Å². The van der Waals surface area contributed by atoms with Gasteiger partial charge in [0.15, 0.2) is 11.2 Å². The maximum atomic E-state index is 12.9. The van der Waals surface area contributed by atoms with E-state index in [0.717, 1.165) is 16.0 Å². The molecule has 9 nitrogen and oxygen atoms in total. The average Bonchev–Trinajstić information content (AvgIpc) is 3.06. The van der Waals surface area contributed by atoms with E-state index in [4.69, 9.17) is 0 Å². The molecule has 3 rings (SSSR count). The second-order valence-electron chi connectivity index (χ2n) is 5.64. The second-order valence-corrected chi connectivity index (χ2v) is 5.64. The van der Waals surface area contributed by atoms with Crippen molar-refractivity contribution in [2.75, 3.05) is 7.11 Å². The third kappa shape index (κ3) is 1.93. The number of hydrogen-bond acceptors (Lipinski definition) is 5. The van der Waals surface area contributed by atoms with Crippen LogP contribution in [0.25, 0.3) is 16.9 Å². The molecule has 128 valence electrons. The molecule has 0 fully saturated rings. The van der Waals surface area contributed by atoms with Crippen LogP contribution in [0.4, 0.5) is 0 Å². The molecular formula is C15H19N5O4. The molecular weight excluding hydrogens is 314 g/mol. The van der Waals surface area contributed by atoms with Crippen molar-refractivity contribution in [2.45, 2.75) is 33.9 Å². The summed E-state index contributed by atoms with van der Waals surface area (Å²) >= 11 is 0. The zero-order chi connectivity index (χ0) is 17.8. The van der Waals surface area contributed by atoms with Crippen LogP contribution < -0.4 is 11.2 Å². The smallest absolute Gasteiger partial charge is 0.333 e. The minimum Gasteiger partial charge on any atom is -0.468 e. The van der Waals surface area contributed by atoms with Crippen LogP contribution in [0.1, 0.15) is 18.3 Å². The van der Waals surface area contributed by atoms with Crippen molar-refractivity contribution in [1.29, 1.82) is 0 Å². The van der Waals surface area contributed by atoms with E-state index in [-0.39, 0.29) is 5.52 Å². The summed E-state index contributed by atoms with van der Waals surface area (Å²) in [6.45, 7) is 6.09. The van der Waals surface area contributed by atoms with Gasteiger partial charge < -0.3 is 9.30 Å². The normalized spacial score (nSPS) is 11.5. The molecule has 0 amide bonds. The Bertz CT molecular complexity index is 1100.